The second-order valence-corrected chi connectivity index (χ2v) is 8.69. The van der Waals surface area contributed by atoms with Crippen molar-refractivity contribution in [2.75, 3.05) is 12.3 Å². The Bertz CT molecular complexity index is 1210. The second-order valence-electron chi connectivity index (χ2n) is 7.71. The van der Waals surface area contributed by atoms with Gasteiger partial charge >= 0.3 is 0 Å². The largest absolute Gasteiger partial charge is 0.356 e. The van der Waals surface area contributed by atoms with Crippen LogP contribution in [0.25, 0.3) is 10.9 Å². The average molecular weight is 432 g/mol. The Labute approximate surface area is 184 Å². The third-order valence-electron chi connectivity index (χ3n) is 5.76. The normalized spacial score (nSPS) is 15.8. The van der Waals surface area contributed by atoms with Crippen LogP contribution in [0.3, 0.4) is 0 Å². The summed E-state index contributed by atoms with van der Waals surface area (Å²) in [6.45, 7) is 0.671. The number of hydrogen-bond acceptors (Lipinski definition) is 3. The minimum atomic E-state index is -0.244. The topological polar surface area (TPSA) is 49.0 Å². The van der Waals surface area contributed by atoms with E-state index < -0.39 is 0 Å². The van der Waals surface area contributed by atoms with Gasteiger partial charge < -0.3 is 9.88 Å². The first-order valence-electron chi connectivity index (χ1n) is 10.3. The van der Waals surface area contributed by atoms with E-state index in [0.717, 1.165) is 28.8 Å². The molecule has 5 rings (SSSR count). The van der Waals surface area contributed by atoms with E-state index in [4.69, 9.17) is 0 Å². The third-order valence-corrected chi connectivity index (χ3v) is 6.75. The van der Waals surface area contributed by atoms with E-state index in [-0.39, 0.29) is 17.8 Å². The lowest BCUT2D eigenvalue weighted by Gasteiger charge is -2.36. The van der Waals surface area contributed by atoms with Gasteiger partial charge in [0.25, 0.3) is 0 Å². The van der Waals surface area contributed by atoms with Crippen LogP contribution in [0.5, 0.6) is 0 Å². The minimum absolute atomic E-state index is 0.102. The Hall–Kier alpha value is -3.12. The first-order valence-corrected chi connectivity index (χ1v) is 11.5. The van der Waals surface area contributed by atoms with Gasteiger partial charge in [0.15, 0.2) is 0 Å². The molecule has 0 spiro atoms. The molecule has 1 unspecified atom stereocenters. The van der Waals surface area contributed by atoms with Crippen molar-refractivity contribution in [3.63, 3.8) is 0 Å². The van der Waals surface area contributed by atoms with Gasteiger partial charge in [-0.25, -0.2) is 4.39 Å². The SMILES string of the molecule is O=C(CSCc1ccc(F)cc1)N1CCc2c([nH]c3ccccc23)C1c1cccnc1. The number of pyridine rings is 1. The molecule has 0 radical (unpaired) electrons. The Balaban J connectivity index is 1.40. The van der Waals surface area contributed by atoms with Gasteiger partial charge in [0.2, 0.25) is 5.91 Å². The zero-order valence-corrected chi connectivity index (χ0v) is 17.7. The predicted molar refractivity (Wildman–Crippen MR) is 122 cm³/mol. The van der Waals surface area contributed by atoms with Crippen molar-refractivity contribution in [2.45, 2.75) is 18.2 Å². The van der Waals surface area contributed by atoms with Crippen LogP contribution in [0, 0.1) is 5.82 Å². The molecule has 2 aromatic carbocycles. The Morgan fingerprint density at radius 3 is 2.77 bits per heavy atom. The molecule has 1 N–H and O–H groups in total. The maximum Gasteiger partial charge on any atom is 0.233 e. The summed E-state index contributed by atoms with van der Waals surface area (Å²) in [4.78, 5) is 23.1. The molecule has 1 atom stereocenters. The van der Waals surface area contributed by atoms with Crippen molar-refractivity contribution >= 4 is 28.6 Å². The molecule has 2 aromatic heterocycles. The molecule has 6 heteroatoms. The van der Waals surface area contributed by atoms with Crippen LogP contribution in [-0.4, -0.2) is 33.1 Å². The zero-order valence-electron chi connectivity index (χ0n) is 16.9. The van der Waals surface area contributed by atoms with Crippen molar-refractivity contribution in [2.24, 2.45) is 0 Å². The highest BCUT2D eigenvalue weighted by atomic mass is 32.2. The molecule has 0 saturated heterocycles. The number of carbonyl (C=O) groups is 1. The summed E-state index contributed by atoms with van der Waals surface area (Å²) in [6.07, 6.45) is 4.42. The fraction of sp³-hybridized carbons (Fsp3) is 0.200. The van der Waals surface area contributed by atoms with Crippen molar-refractivity contribution < 1.29 is 9.18 Å². The fourth-order valence-electron chi connectivity index (χ4n) is 4.31. The molecular weight excluding hydrogens is 409 g/mol. The van der Waals surface area contributed by atoms with Crippen LogP contribution in [0.15, 0.2) is 73.1 Å². The summed E-state index contributed by atoms with van der Waals surface area (Å²) in [5.74, 6) is 0.913. The molecule has 0 fully saturated rings. The van der Waals surface area contributed by atoms with E-state index in [2.05, 4.69) is 28.2 Å². The number of nitrogens with one attached hydrogen (secondary N) is 1. The minimum Gasteiger partial charge on any atom is -0.356 e. The van der Waals surface area contributed by atoms with Gasteiger partial charge in [-0.2, -0.15) is 0 Å². The standard InChI is InChI=1S/C25H22FN3OS/c26-19-9-7-17(8-10-19)15-31-16-23(30)29-13-11-21-20-5-1-2-6-22(20)28-24(21)25(29)18-4-3-12-27-14-18/h1-10,12,14,25,28H,11,13,15-16H2. The van der Waals surface area contributed by atoms with Gasteiger partial charge in [-0.15, -0.1) is 11.8 Å². The molecule has 1 amide bonds. The highest BCUT2D eigenvalue weighted by molar-refractivity contribution is 7.99. The van der Waals surface area contributed by atoms with E-state index in [1.165, 1.54) is 23.1 Å². The van der Waals surface area contributed by atoms with Crippen molar-refractivity contribution in [1.82, 2.24) is 14.9 Å². The van der Waals surface area contributed by atoms with Gasteiger partial charge in [-0.1, -0.05) is 36.4 Å². The number of carbonyl (C=O) groups excluding carboxylic acids is 1. The lowest BCUT2D eigenvalue weighted by molar-refractivity contribution is -0.130. The average Bonchev–Trinajstić information content (AvgIpc) is 3.19. The summed E-state index contributed by atoms with van der Waals surface area (Å²) in [7, 11) is 0. The number of H-pyrrole nitrogens is 1. The number of hydrogen-bond donors (Lipinski definition) is 1. The number of nitrogens with zero attached hydrogens (tertiary/aromatic N) is 2. The van der Waals surface area contributed by atoms with E-state index in [9.17, 15) is 9.18 Å². The lowest BCUT2D eigenvalue weighted by Crippen LogP contribution is -2.41. The first kappa shape index (κ1) is 19.8. The number of rotatable bonds is 5. The van der Waals surface area contributed by atoms with E-state index in [1.807, 2.05) is 29.3 Å². The van der Waals surface area contributed by atoms with Crippen LogP contribution >= 0.6 is 11.8 Å². The van der Waals surface area contributed by atoms with Crippen molar-refractivity contribution in [3.8, 4) is 0 Å². The smallest absolute Gasteiger partial charge is 0.233 e. The quantitative estimate of drug-likeness (QED) is 0.478. The number of aromatic nitrogens is 2. The van der Waals surface area contributed by atoms with Gasteiger partial charge in [0, 0.05) is 41.3 Å². The van der Waals surface area contributed by atoms with Crippen LogP contribution in [0.4, 0.5) is 4.39 Å². The number of fused-ring (bicyclic) bond motifs is 3. The summed E-state index contributed by atoms with van der Waals surface area (Å²) in [5.41, 5.74) is 5.48. The molecule has 156 valence electrons. The van der Waals surface area contributed by atoms with Gasteiger partial charge in [0.05, 0.1) is 11.8 Å². The Morgan fingerprint density at radius 1 is 1.13 bits per heavy atom. The maximum atomic E-state index is 13.3. The van der Waals surface area contributed by atoms with E-state index >= 15 is 0 Å². The van der Waals surface area contributed by atoms with Gasteiger partial charge in [-0.05, 0) is 47.4 Å². The fourth-order valence-corrected chi connectivity index (χ4v) is 5.18. The number of benzene rings is 2. The molecule has 0 aliphatic carbocycles. The number of amides is 1. The molecule has 3 heterocycles. The maximum absolute atomic E-state index is 13.3. The summed E-state index contributed by atoms with van der Waals surface area (Å²) in [5, 5.41) is 1.23. The van der Waals surface area contributed by atoms with Gasteiger partial charge in [0.1, 0.15) is 5.82 Å². The highest BCUT2D eigenvalue weighted by Crippen LogP contribution is 2.38. The molecule has 4 nitrogen and oxygen atoms in total. The number of halogens is 1. The third kappa shape index (κ3) is 3.95. The van der Waals surface area contributed by atoms with Crippen LogP contribution in [0.2, 0.25) is 0 Å². The molecule has 31 heavy (non-hydrogen) atoms. The van der Waals surface area contributed by atoms with Crippen molar-refractivity contribution in [3.05, 3.63) is 101 Å². The number of aromatic amines is 1. The van der Waals surface area contributed by atoms with E-state index in [1.54, 1.807) is 30.1 Å². The second kappa shape index (κ2) is 8.55. The zero-order chi connectivity index (χ0) is 21.2. The van der Waals surface area contributed by atoms with Gasteiger partial charge in [-0.3, -0.25) is 9.78 Å². The van der Waals surface area contributed by atoms with Crippen molar-refractivity contribution in [1.29, 1.82) is 0 Å². The Morgan fingerprint density at radius 2 is 1.97 bits per heavy atom. The number of para-hydroxylation sites is 1. The lowest BCUT2D eigenvalue weighted by atomic mass is 9.93. The molecule has 0 bridgehead atoms. The van der Waals surface area contributed by atoms with E-state index in [0.29, 0.717) is 18.1 Å². The Kier molecular flexibility index (Phi) is 5.47. The molecule has 4 aromatic rings. The summed E-state index contributed by atoms with van der Waals surface area (Å²) in [6, 6.07) is 18.5. The molecule has 1 aliphatic heterocycles. The molecular formula is C25H22FN3OS. The highest BCUT2D eigenvalue weighted by Gasteiger charge is 2.34. The van der Waals surface area contributed by atoms with Crippen LogP contribution in [0.1, 0.15) is 28.4 Å². The van der Waals surface area contributed by atoms with Crippen LogP contribution in [-0.2, 0) is 17.0 Å². The molecule has 1 aliphatic rings. The monoisotopic (exact) mass is 431 g/mol. The first-order chi connectivity index (χ1) is 15.2. The summed E-state index contributed by atoms with van der Waals surface area (Å²) < 4.78 is 13.1. The molecule has 0 saturated carbocycles. The van der Waals surface area contributed by atoms with Crippen LogP contribution < -0.4 is 0 Å². The number of thioether (sulfide) groups is 1. The predicted octanol–water partition coefficient (Wildman–Crippen LogP) is 5.11. The summed E-state index contributed by atoms with van der Waals surface area (Å²) >= 11 is 1.56.